The van der Waals surface area contributed by atoms with Crippen LogP contribution in [-0.4, -0.2) is 40.5 Å². The summed E-state index contributed by atoms with van der Waals surface area (Å²) in [5.41, 5.74) is 2.92. The molecule has 4 rings (SSSR count). The normalized spacial score (nSPS) is 18.9. The van der Waals surface area contributed by atoms with Crippen molar-refractivity contribution >= 4 is 17.4 Å². The highest BCUT2D eigenvalue weighted by atomic mass is 19.1. The second-order valence-electron chi connectivity index (χ2n) is 7.16. The van der Waals surface area contributed by atoms with Crippen LogP contribution in [0.15, 0.2) is 42.7 Å². The Hall–Kier alpha value is -2.80. The van der Waals surface area contributed by atoms with Gasteiger partial charge in [-0.15, -0.1) is 0 Å². The first-order chi connectivity index (χ1) is 12.9. The number of hydrogen-bond acceptors (Lipinski definition) is 3. The van der Waals surface area contributed by atoms with E-state index in [1.54, 1.807) is 16.7 Å². The van der Waals surface area contributed by atoms with E-state index in [1.807, 2.05) is 43.4 Å². The second-order valence-corrected chi connectivity index (χ2v) is 7.16. The number of amides is 1. The lowest BCUT2D eigenvalue weighted by atomic mass is 10.0. The first-order valence-electron chi connectivity index (χ1n) is 8.78. The fourth-order valence-electron chi connectivity index (χ4n) is 3.17. The lowest BCUT2D eigenvalue weighted by Gasteiger charge is -2.15. The number of aromatic nitrogens is 2. The molecule has 1 aliphatic rings. The van der Waals surface area contributed by atoms with Gasteiger partial charge in [-0.05, 0) is 49.8 Å². The maximum absolute atomic E-state index is 14.3. The molecule has 27 heavy (non-hydrogen) atoms. The molecule has 7 heteroatoms. The standard InChI is InChI=1S/C20H20F2N4O/c1-25(2)10-15-13(4-3-5-16(15)21)12-6-7-19-23-18(11-26(19)9-12)24-20(27)14-8-17(14)22/h3-7,9,11,14,17H,8,10H2,1-2H3,(H,24,27)/t14-,17+/m1/s1. The van der Waals surface area contributed by atoms with E-state index >= 15 is 0 Å². The molecule has 1 N–H and O–H groups in total. The van der Waals surface area contributed by atoms with Gasteiger partial charge < -0.3 is 14.6 Å². The van der Waals surface area contributed by atoms with Gasteiger partial charge >= 0.3 is 0 Å². The largest absolute Gasteiger partial charge is 0.309 e. The number of carbonyl (C=O) groups is 1. The highest BCUT2D eigenvalue weighted by molar-refractivity contribution is 5.94. The average Bonchev–Trinajstić information content (AvgIpc) is 3.21. The lowest BCUT2D eigenvalue weighted by molar-refractivity contribution is -0.117. The first kappa shape index (κ1) is 17.6. The van der Waals surface area contributed by atoms with Crippen LogP contribution >= 0.6 is 0 Å². The van der Waals surface area contributed by atoms with Crippen LogP contribution in [0.3, 0.4) is 0 Å². The van der Waals surface area contributed by atoms with Crippen molar-refractivity contribution in [2.75, 3.05) is 19.4 Å². The Morgan fingerprint density at radius 1 is 1.30 bits per heavy atom. The molecule has 0 unspecified atom stereocenters. The summed E-state index contributed by atoms with van der Waals surface area (Å²) in [6.07, 6.45) is 2.76. The summed E-state index contributed by atoms with van der Waals surface area (Å²) in [6.45, 7) is 0.483. The summed E-state index contributed by atoms with van der Waals surface area (Å²) in [6, 6.07) is 8.72. The molecule has 1 aromatic carbocycles. The maximum atomic E-state index is 14.3. The topological polar surface area (TPSA) is 49.6 Å². The van der Waals surface area contributed by atoms with Gasteiger partial charge in [-0.3, -0.25) is 4.79 Å². The average molecular weight is 370 g/mol. The Kier molecular flexibility index (Phi) is 4.39. The van der Waals surface area contributed by atoms with E-state index in [2.05, 4.69) is 10.3 Å². The minimum absolute atomic E-state index is 0.245. The zero-order chi connectivity index (χ0) is 19.1. The van der Waals surface area contributed by atoms with Gasteiger partial charge in [0.05, 0.1) is 12.1 Å². The molecule has 2 atom stereocenters. The molecule has 1 fully saturated rings. The van der Waals surface area contributed by atoms with Gasteiger partial charge in [-0.1, -0.05) is 12.1 Å². The van der Waals surface area contributed by atoms with E-state index in [4.69, 9.17) is 0 Å². The fourth-order valence-corrected chi connectivity index (χ4v) is 3.17. The number of fused-ring (bicyclic) bond motifs is 1. The smallest absolute Gasteiger partial charge is 0.231 e. The zero-order valence-electron chi connectivity index (χ0n) is 15.1. The van der Waals surface area contributed by atoms with Gasteiger partial charge in [0.2, 0.25) is 5.91 Å². The molecule has 1 aliphatic carbocycles. The number of rotatable bonds is 5. The van der Waals surface area contributed by atoms with Crippen molar-refractivity contribution in [2.45, 2.75) is 19.1 Å². The molecule has 0 saturated heterocycles. The summed E-state index contributed by atoms with van der Waals surface area (Å²) < 4.78 is 29.1. The third-order valence-electron chi connectivity index (χ3n) is 4.66. The van der Waals surface area contributed by atoms with Crippen molar-refractivity contribution in [1.29, 1.82) is 0 Å². The third-order valence-corrected chi connectivity index (χ3v) is 4.66. The van der Waals surface area contributed by atoms with Gasteiger partial charge in [0.25, 0.3) is 0 Å². The monoisotopic (exact) mass is 370 g/mol. The molecule has 1 saturated carbocycles. The van der Waals surface area contributed by atoms with E-state index in [-0.39, 0.29) is 18.1 Å². The molecule has 2 aromatic heterocycles. The van der Waals surface area contributed by atoms with Crippen LogP contribution in [0.1, 0.15) is 12.0 Å². The second kappa shape index (κ2) is 6.74. The van der Waals surface area contributed by atoms with Crippen molar-refractivity contribution in [2.24, 2.45) is 5.92 Å². The minimum atomic E-state index is -1.04. The number of nitrogens with zero attached hydrogens (tertiary/aromatic N) is 3. The molecule has 0 radical (unpaired) electrons. The number of anilines is 1. The van der Waals surface area contributed by atoms with Gasteiger partial charge in [0.1, 0.15) is 17.6 Å². The number of hydrogen-bond donors (Lipinski definition) is 1. The van der Waals surface area contributed by atoms with Crippen LogP contribution < -0.4 is 5.32 Å². The van der Waals surface area contributed by atoms with Gasteiger partial charge in [0, 0.05) is 18.3 Å². The van der Waals surface area contributed by atoms with Crippen molar-refractivity contribution in [3.63, 3.8) is 0 Å². The number of nitrogens with one attached hydrogen (secondary N) is 1. The molecule has 0 spiro atoms. The number of alkyl halides is 1. The Morgan fingerprint density at radius 2 is 2.07 bits per heavy atom. The minimum Gasteiger partial charge on any atom is -0.309 e. The Balaban J connectivity index is 1.66. The van der Waals surface area contributed by atoms with Crippen LogP contribution in [0.25, 0.3) is 16.8 Å². The maximum Gasteiger partial charge on any atom is 0.231 e. The lowest BCUT2D eigenvalue weighted by Crippen LogP contribution is -2.15. The molecule has 0 bridgehead atoms. The van der Waals surface area contributed by atoms with Crippen LogP contribution in [0, 0.1) is 11.7 Å². The third kappa shape index (κ3) is 3.55. The van der Waals surface area contributed by atoms with Crippen molar-refractivity contribution < 1.29 is 13.6 Å². The first-order valence-corrected chi connectivity index (χ1v) is 8.78. The number of benzene rings is 1. The Labute approximate surface area is 155 Å². The van der Waals surface area contributed by atoms with E-state index in [0.29, 0.717) is 23.6 Å². The van der Waals surface area contributed by atoms with Crippen molar-refractivity contribution in [1.82, 2.24) is 14.3 Å². The van der Waals surface area contributed by atoms with E-state index in [1.165, 1.54) is 6.07 Å². The van der Waals surface area contributed by atoms with Crippen LogP contribution in [0.4, 0.5) is 14.6 Å². The predicted molar refractivity (Wildman–Crippen MR) is 99.6 cm³/mol. The Bertz CT molecular complexity index is 1010. The van der Waals surface area contributed by atoms with Gasteiger partial charge in [0.15, 0.2) is 5.82 Å². The Morgan fingerprint density at radius 3 is 2.78 bits per heavy atom. The summed E-state index contributed by atoms with van der Waals surface area (Å²) >= 11 is 0. The summed E-state index contributed by atoms with van der Waals surface area (Å²) in [5.74, 6) is -0.773. The predicted octanol–water partition coefficient (Wildman–Crippen LogP) is 3.50. The van der Waals surface area contributed by atoms with Crippen molar-refractivity contribution in [3.8, 4) is 11.1 Å². The molecular formula is C20H20F2N4O. The van der Waals surface area contributed by atoms with Gasteiger partial charge in [-0.25, -0.2) is 13.8 Å². The van der Waals surface area contributed by atoms with E-state index in [9.17, 15) is 13.6 Å². The van der Waals surface area contributed by atoms with E-state index < -0.39 is 12.1 Å². The molecule has 5 nitrogen and oxygen atoms in total. The number of halogens is 2. The SMILES string of the molecule is CN(C)Cc1c(F)cccc1-c1ccc2nc(NC(=O)[C@@H]3C[C@@H]3F)cn2c1. The van der Waals surface area contributed by atoms with Gasteiger partial charge in [-0.2, -0.15) is 0 Å². The fraction of sp³-hybridized carbons (Fsp3) is 0.300. The highest BCUT2D eigenvalue weighted by Gasteiger charge is 2.43. The molecule has 1 amide bonds. The molecular weight excluding hydrogens is 350 g/mol. The van der Waals surface area contributed by atoms with E-state index in [0.717, 1.165) is 11.1 Å². The highest BCUT2D eigenvalue weighted by Crippen LogP contribution is 2.34. The molecule has 2 heterocycles. The van der Waals surface area contributed by atoms with Crippen LogP contribution in [0.2, 0.25) is 0 Å². The van der Waals surface area contributed by atoms with Crippen LogP contribution in [0.5, 0.6) is 0 Å². The molecule has 140 valence electrons. The summed E-state index contributed by atoms with van der Waals surface area (Å²) in [5, 5.41) is 2.65. The number of imidazole rings is 1. The molecule has 3 aromatic rings. The van der Waals surface area contributed by atoms with Crippen LogP contribution in [-0.2, 0) is 11.3 Å². The number of pyridine rings is 1. The number of carbonyl (C=O) groups excluding carboxylic acids is 1. The molecule has 0 aliphatic heterocycles. The summed E-state index contributed by atoms with van der Waals surface area (Å²) in [4.78, 5) is 18.1. The quantitative estimate of drug-likeness (QED) is 0.748. The van der Waals surface area contributed by atoms with Crippen molar-refractivity contribution in [3.05, 3.63) is 54.1 Å². The summed E-state index contributed by atoms with van der Waals surface area (Å²) in [7, 11) is 3.79. The zero-order valence-corrected chi connectivity index (χ0v) is 15.1.